The van der Waals surface area contributed by atoms with E-state index >= 15 is 0 Å². The van der Waals surface area contributed by atoms with E-state index in [4.69, 9.17) is 9.47 Å². The van der Waals surface area contributed by atoms with Crippen LogP contribution >= 0.6 is 0 Å². The van der Waals surface area contributed by atoms with Crippen LogP contribution in [-0.4, -0.2) is 115 Å². The third kappa shape index (κ3) is 12.8. The van der Waals surface area contributed by atoms with Gasteiger partial charge in [0.25, 0.3) is 0 Å². The number of carbonyl (C=O) groups is 5. The van der Waals surface area contributed by atoms with Crippen molar-refractivity contribution in [3.63, 3.8) is 0 Å². The first-order chi connectivity index (χ1) is 24.8. The molecule has 0 saturated carbocycles. The van der Waals surface area contributed by atoms with Gasteiger partial charge in [0.2, 0.25) is 23.6 Å². The summed E-state index contributed by atoms with van der Waals surface area (Å²) in [7, 11) is 0. The number of amides is 4. The van der Waals surface area contributed by atoms with Crippen molar-refractivity contribution in [1.29, 1.82) is 0 Å². The van der Waals surface area contributed by atoms with Gasteiger partial charge in [0, 0.05) is 25.9 Å². The molecule has 13 heteroatoms. The van der Waals surface area contributed by atoms with Crippen LogP contribution in [0.15, 0.2) is 60.7 Å². The Morgan fingerprint density at radius 3 is 2.10 bits per heavy atom. The molecule has 2 fully saturated rings. The fourth-order valence-electron chi connectivity index (χ4n) is 6.39. The van der Waals surface area contributed by atoms with Crippen LogP contribution in [0.1, 0.15) is 58.1 Å². The smallest absolute Gasteiger partial charge is 0.243 e. The monoisotopic (exact) mass is 721 g/mol. The minimum Gasteiger partial charge on any atom is -0.380 e. The Balaban J connectivity index is 1.51. The molecule has 2 aliphatic rings. The van der Waals surface area contributed by atoms with Crippen molar-refractivity contribution in [1.82, 2.24) is 26.2 Å². The van der Waals surface area contributed by atoms with Gasteiger partial charge in [0.15, 0.2) is 5.78 Å². The van der Waals surface area contributed by atoms with Crippen LogP contribution in [0.4, 0.5) is 0 Å². The van der Waals surface area contributed by atoms with Crippen molar-refractivity contribution >= 4 is 29.4 Å². The molecule has 2 aromatic carbocycles. The fraction of sp³-hybridized carbons (Fsp3) is 0.564. The van der Waals surface area contributed by atoms with Crippen molar-refractivity contribution in [2.75, 3.05) is 39.5 Å². The lowest BCUT2D eigenvalue weighted by Crippen LogP contribution is -2.59. The SMILES string of the molecule is CC(C)CC(NC(=O)C(CCc1ccccc1)NC(=O)CN1CCOCC1)C(=O)NC(Cc1ccccc1)C(=O)NC1CC(C)OCC(C)(O)C1=O. The lowest BCUT2D eigenvalue weighted by Gasteiger charge is -2.29. The molecule has 2 aliphatic heterocycles. The summed E-state index contributed by atoms with van der Waals surface area (Å²) in [5.41, 5.74) is -0.0156. The molecule has 2 heterocycles. The van der Waals surface area contributed by atoms with E-state index in [1.54, 1.807) is 6.92 Å². The first-order valence-electron chi connectivity index (χ1n) is 18.3. The first-order valence-corrected chi connectivity index (χ1v) is 18.3. The van der Waals surface area contributed by atoms with Crippen molar-refractivity contribution in [3.8, 4) is 0 Å². The molecule has 0 spiro atoms. The van der Waals surface area contributed by atoms with Gasteiger partial charge >= 0.3 is 0 Å². The van der Waals surface area contributed by atoms with Gasteiger partial charge in [0.05, 0.1) is 38.5 Å². The third-order valence-electron chi connectivity index (χ3n) is 9.32. The van der Waals surface area contributed by atoms with E-state index < -0.39 is 59.4 Å². The van der Waals surface area contributed by atoms with Gasteiger partial charge in [-0.15, -0.1) is 0 Å². The molecule has 4 amide bonds. The highest BCUT2D eigenvalue weighted by Crippen LogP contribution is 2.20. The summed E-state index contributed by atoms with van der Waals surface area (Å²) in [6, 6.07) is 14.7. The fourth-order valence-corrected chi connectivity index (χ4v) is 6.39. The Morgan fingerprint density at radius 2 is 1.46 bits per heavy atom. The Bertz CT molecular complexity index is 1480. The van der Waals surface area contributed by atoms with Crippen LogP contribution in [0, 0.1) is 5.92 Å². The number of hydrogen-bond donors (Lipinski definition) is 5. The van der Waals surface area contributed by atoms with Crippen molar-refractivity contribution in [3.05, 3.63) is 71.8 Å². The van der Waals surface area contributed by atoms with E-state index in [-0.39, 0.29) is 44.2 Å². The zero-order valence-electron chi connectivity index (χ0n) is 30.8. The molecule has 52 heavy (non-hydrogen) atoms. The summed E-state index contributed by atoms with van der Waals surface area (Å²) in [5, 5.41) is 22.1. The molecule has 13 nitrogen and oxygen atoms in total. The molecule has 5 N–H and O–H groups in total. The highest BCUT2D eigenvalue weighted by molar-refractivity contribution is 5.98. The number of hydrogen-bond acceptors (Lipinski definition) is 9. The summed E-state index contributed by atoms with van der Waals surface area (Å²) in [6.45, 7) is 9.18. The second-order valence-electron chi connectivity index (χ2n) is 14.5. The lowest BCUT2D eigenvalue weighted by atomic mass is 9.93. The summed E-state index contributed by atoms with van der Waals surface area (Å²) < 4.78 is 11.0. The number of benzene rings is 2. The Morgan fingerprint density at radius 1 is 0.865 bits per heavy atom. The summed E-state index contributed by atoms with van der Waals surface area (Å²) in [6.07, 6.45) is 0.958. The Labute approximate surface area is 306 Å². The van der Waals surface area contributed by atoms with E-state index in [2.05, 4.69) is 21.3 Å². The number of morpholine rings is 1. The summed E-state index contributed by atoms with van der Waals surface area (Å²) in [5.74, 6) is -2.56. The van der Waals surface area contributed by atoms with E-state index in [1.165, 1.54) is 6.92 Å². The van der Waals surface area contributed by atoms with E-state index in [1.807, 2.05) is 79.4 Å². The van der Waals surface area contributed by atoms with Crippen molar-refractivity contribution in [2.24, 2.45) is 5.92 Å². The van der Waals surface area contributed by atoms with Gasteiger partial charge in [0.1, 0.15) is 23.7 Å². The predicted molar refractivity (Wildman–Crippen MR) is 195 cm³/mol. The number of rotatable bonds is 16. The quantitative estimate of drug-likeness (QED) is 0.171. The molecule has 0 aliphatic carbocycles. The number of carbonyl (C=O) groups excluding carboxylic acids is 5. The van der Waals surface area contributed by atoms with E-state index in [0.717, 1.165) is 11.1 Å². The van der Waals surface area contributed by atoms with Crippen molar-refractivity contribution < 1.29 is 38.6 Å². The average Bonchev–Trinajstić information content (AvgIpc) is 3.21. The number of nitrogens with one attached hydrogen (secondary N) is 4. The molecule has 2 aromatic rings. The van der Waals surface area contributed by atoms with E-state index in [0.29, 0.717) is 39.1 Å². The summed E-state index contributed by atoms with van der Waals surface area (Å²) in [4.78, 5) is 70.1. The molecular weight excluding hydrogens is 666 g/mol. The lowest BCUT2D eigenvalue weighted by molar-refractivity contribution is -0.142. The van der Waals surface area contributed by atoms with Gasteiger partial charge in [-0.05, 0) is 50.2 Å². The highest BCUT2D eigenvalue weighted by atomic mass is 16.5. The topological polar surface area (TPSA) is 175 Å². The molecule has 0 aromatic heterocycles. The zero-order chi connectivity index (χ0) is 37.7. The largest absolute Gasteiger partial charge is 0.380 e. The molecule has 6 atom stereocenters. The van der Waals surface area contributed by atoms with Crippen LogP contribution in [-0.2, 0) is 46.3 Å². The second kappa shape index (κ2) is 19.6. The average molecular weight is 722 g/mol. The van der Waals surface area contributed by atoms with Gasteiger partial charge in [-0.25, -0.2) is 0 Å². The minimum absolute atomic E-state index is 0.0107. The molecule has 284 valence electrons. The number of nitrogens with zero attached hydrogens (tertiary/aromatic N) is 1. The molecule has 6 unspecified atom stereocenters. The standard InChI is InChI=1S/C39H55N5O8/c1-26(2)21-32(42-36(47)30(16-15-28-11-7-5-8-12-28)40-34(45)24-44-17-19-51-20-18-44)37(48)43-33(23-29-13-9-6-10-14-29)38(49)41-31-22-27(3)52-25-39(4,50)35(31)46/h5-14,26-27,30-33,50H,15-25H2,1-4H3,(H,40,45)(H,41,49)(H,42,47)(H,43,48). The van der Waals surface area contributed by atoms with Crippen LogP contribution in [0.25, 0.3) is 0 Å². The van der Waals surface area contributed by atoms with Gasteiger partial charge in [-0.3, -0.25) is 28.9 Å². The number of aliphatic hydroxyl groups is 1. The second-order valence-corrected chi connectivity index (χ2v) is 14.5. The number of ketones is 1. The molecule has 2 saturated heterocycles. The maximum Gasteiger partial charge on any atom is 0.243 e. The Kier molecular flexibility index (Phi) is 15.3. The molecular formula is C39H55N5O8. The molecule has 0 bridgehead atoms. The van der Waals surface area contributed by atoms with Crippen LogP contribution < -0.4 is 21.3 Å². The van der Waals surface area contributed by atoms with Crippen molar-refractivity contribution in [2.45, 2.75) is 95.7 Å². The summed E-state index contributed by atoms with van der Waals surface area (Å²) >= 11 is 0. The minimum atomic E-state index is -1.79. The van der Waals surface area contributed by atoms with Crippen LogP contribution in [0.2, 0.25) is 0 Å². The van der Waals surface area contributed by atoms with E-state index in [9.17, 15) is 29.1 Å². The number of Topliss-reactive ketones (excluding diaryl/α,β-unsaturated/α-hetero) is 1. The maximum absolute atomic E-state index is 14.0. The molecule has 4 rings (SSSR count). The van der Waals surface area contributed by atoms with Gasteiger partial charge in [-0.1, -0.05) is 74.5 Å². The maximum atomic E-state index is 14.0. The number of ether oxygens (including phenoxy) is 2. The van der Waals surface area contributed by atoms with Gasteiger partial charge < -0.3 is 35.8 Å². The van der Waals surface area contributed by atoms with Gasteiger partial charge in [-0.2, -0.15) is 0 Å². The molecule has 0 radical (unpaired) electrons. The Hall–Kier alpha value is -4.17. The first kappa shape index (κ1) is 40.6. The predicted octanol–water partition coefficient (Wildman–Crippen LogP) is 1.31. The highest BCUT2D eigenvalue weighted by Gasteiger charge is 2.42. The van der Waals surface area contributed by atoms with Crippen LogP contribution in [0.5, 0.6) is 0 Å². The number of aryl methyl sites for hydroxylation is 1. The zero-order valence-corrected chi connectivity index (χ0v) is 30.8. The normalized spacial score (nSPS) is 22.8. The third-order valence-corrected chi connectivity index (χ3v) is 9.32. The van der Waals surface area contributed by atoms with Crippen LogP contribution in [0.3, 0.4) is 0 Å².